The van der Waals surface area contributed by atoms with E-state index in [1.165, 1.54) is 12.0 Å². The lowest BCUT2D eigenvalue weighted by atomic mass is 9.91. The van der Waals surface area contributed by atoms with Crippen molar-refractivity contribution < 1.29 is 14.3 Å². The summed E-state index contributed by atoms with van der Waals surface area (Å²) in [6.45, 7) is 7.13. The number of rotatable bonds is 7. The van der Waals surface area contributed by atoms with Crippen molar-refractivity contribution in [1.82, 2.24) is 15.6 Å². The normalized spacial score (nSPS) is 16.9. The summed E-state index contributed by atoms with van der Waals surface area (Å²) in [6.07, 6.45) is 6.71. The summed E-state index contributed by atoms with van der Waals surface area (Å²) < 4.78 is 10.5. The predicted molar refractivity (Wildman–Crippen MR) is 97.9 cm³/mol. The second-order valence-electron chi connectivity index (χ2n) is 7.45. The number of pyridine rings is 1. The molecule has 1 aliphatic carbocycles. The number of fused-ring (bicyclic) bond motifs is 1. The molecule has 1 aliphatic rings. The van der Waals surface area contributed by atoms with E-state index in [4.69, 9.17) is 9.47 Å². The maximum Gasteiger partial charge on any atom is 0.407 e. The Hall–Kier alpha value is -1.82. The van der Waals surface area contributed by atoms with Gasteiger partial charge >= 0.3 is 6.09 Å². The van der Waals surface area contributed by atoms with Crippen LogP contribution in [0.5, 0.6) is 5.75 Å². The first-order valence-electron chi connectivity index (χ1n) is 9.12. The van der Waals surface area contributed by atoms with Gasteiger partial charge < -0.3 is 20.1 Å². The molecule has 140 valence electrons. The van der Waals surface area contributed by atoms with Crippen LogP contribution in [0.3, 0.4) is 0 Å². The van der Waals surface area contributed by atoms with Crippen molar-refractivity contribution in [3.8, 4) is 5.75 Å². The molecule has 2 rings (SSSR count). The minimum Gasteiger partial charge on any atom is -0.495 e. The Morgan fingerprint density at radius 2 is 2.08 bits per heavy atom. The summed E-state index contributed by atoms with van der Waals surface area (Å²) in [4.78, 5) is 16.1. The Kier molecular flexibility index (Phi) is 7.05. The van der Waals surface area contributed by atoms with Crippen LogP contribution in [0.15, 0.2) is 12.3 Å². The number of nitrogens with one attached hydrogen (secondary N) is 2. The molecule has 25 heavy (non-hydrogen) atoms. The molecule has 0 spiro atoms. The van der Waals surface area contributed by atoms with Gasteiger partial charge in [0.1, 0.15) is 11.4 Å². The monoisotopic (exact) mass is 349 g/mol. The average molecular weight is 349 g/mol. The van der Waals surface area contributed by atoms with E-state index in [-0.39, 0.29) is 6.09 Å². The maximum atomic E-state index is 11.6. The highest BCUT2D eigenvalue weighted by Gasteiger charge is 2.21. The molecule has 1 amide bonds. The molecule has 0 aromatic carbocycles. The second-order valence-corrected chi connectivity index (χ2v) is 7.45. The van der Waals surface area contributed by atoms with Crippen molar-refractivity contribution >= 4 is 6.09 Å². The third-order valence-corrected chi connectivity index (χ3v) is 4.14. The third-order valence-electron chi connectivity index (χ3n) is 4.14. The molecule has 0 saturated carbocycles. The molecule has 1 aromatic heterocycles. The minimum atomic E-state index is -0.449. The quantitative estimate of drug-likeness (QED) is 0.739. The van der Waals surface area contributed by atoms with Crippen LogP contribution >= 0.6 is 0 Å². The van der Waals surface area contributed by atoms with Gasteiger partial charge in [-0.15, -0.1) is 0 Å². The van der Waals surface area contributed by atoms with Gasteiger partial charge in [0.15, 0.2) is 0 Å². The summed E-state index contributed by atoms with van der Waals surface area (Å²) >= 11 is 0. The van der Waals surface area contributed by atoms with E-state index in [9.17, 15) is 4.79 Å². The largest absolute Gasteiger partial charge is 0.495 e. The van der Waals surface area contributed by atoms with Gasteiger partial charge in [0.05, 0.1) is 19.0 Å². The van der Waals surface area contributed by atoms with E-state index in [1.807, 2.05) is 20.8 Å². The fourth-order valence-corrected chi connectivity index (χ4v) is 2.99. The van der Waals surface area contributed by atoms with Crippen LogP contribution in [0.1, 0.15) is 63.8 Å². The molecule has 1 unspecified atom stereocenters. The standard InChI is InChI=1S/C19H31N3O3/c1-19(2,3)25-18(23)21-11-6-5-10-20-16-9-7-8-14-12-15(24-4)13-22-17(14)16/h12-13,16,20H,5-11H2,1-4H3,(H,21,23). The van der Waals surface area contributed by atoms with E-state index in [2.05, 4.69) is 21.7 Å². The summed E-state index contributed by atoms with van der Waals surface area (Å²) in [7, 11) is 1.67. The van der Waals surface area contributed by atoms with E-state index in [0.29, 0.717) is 12.6 Å². The van der Waals surface area contributed by atoms with Gasteiger partial charge in [-0.05, 0) is 71.0 Å². The molecule has 0 bridgehead atoms. The number of carbonyl (C=O) groups excluding carboxylic acids is 1. The van der Waals surface area contributed by atoms with Crippen LogP contribution in [0.2, 0.25) is 0 Å². The van der Waals surface area contributed by atoms with Gasteiger partial charge in [-0.2, -0.15) is 0 Å². The van der Waals surface area contributed by atoms with Crippen molar-refractivity contribution in [1.29, 1.82) is 0 Å². The number of carbonyl (C=O) groups is 1. The summed E-state index contributed by atoms with van der Waals surface area (Å²) in [5.41, 5.74) is 1.99. The Balaban J connectivity index is 1.67. The van der Waals surface area contributed by atoms with Crippen molar-refractivity contribution in [3.63, 3.8) is 0 Å². The molecular formula is C19H31N3O3. The van der Waals surface area contributed by atoms with E-state index in [0.717, 1.165) is 43.7 Å². The SMILES string of the molecule is COc1cnc2c(c1)CCCC2NCCCCNC(=O)OC(C)(C)C. The first-order valence-corrected chi connectivity index (χ1v) is 9.12. The van der Waals surface area contributed by atoms with Crippen molar-refractivity contribution in [2.75, 3.05) is 20.2 Å². The molecule has 0 aliphatic heterocycles. The average Bonchev–Trinajstić information content (AvgIpc) is 2.55. The molecule has 0 fully saturated rings. The van der Waals surface area contributed by atoms with Gasteiger partial charge in [0, 0.05) is 12.6 Å². The van der Waals surface area contributed by atoms with Crippen LogP contribution in [0.25, 0.3) is 0 Å². The van der Waals surface area contributed by atoms with Crippen LogP contribution < -0.4 is 15.4 Å². The molecular weight excluding hydrogens is 318 g/mol. The number of hydrogen-bond acceptors (Lipinski definition) is 5. The van der Waals surface area contributed by atoms with Gasteiger partial charge in [0.2, 0.25) is 0 Å². The van der Waals surface area contributed by atoms with Crippen LogP contribution in [0.4, 0.5) is 4.79 Å². The Bertz CT molecular complexity index is 570. The molecule has 6 nitrogen and oxygen atoms in total. The fourth-order valence-electron chi connectivity index (χ4n) is 2.99. The molecule has 6 heteroatoms. The topological polar surface area (TPSA) is 72.5 Å². The molecule has 2 N–H and O–H groups in total. The number of nitrogens with zero attached hydrogens (tertiary/aromatic N) is 1. The van der Waals surface area contributed by atoms with Gasteiger partial charge in [-0.3, -0.25) is 4.98 Å². The highest BCUT2D eigenvalue weighted by atomic mass is 16.6. The zero-order valence-electron chi connectivity index (χ0n) is 15.9. The number of aromatic nitrogens is 1. The molecule has 0 radical (unpaired) electrons. The number of methoxy groups -OCH3 is 1. The van der Waals surface area contributed by atoms with Crippen molar-refractivity contribution in [2.24, 2.45) is 0 Å². The van der Waals surface area contributed by atoms with Crippen LogP contribution in [0, 0.1) is 0 Å². The van der Waals surface area contributed by atoms with Gasteiger partial charge in [-0.1, -0.05) is 0 Å². The van der Waals surface area contributed by atoms with E-state index >= 15 is 0 Å². The van der Waals surface area contributed by atoms with E-state index < -0.39 is 5.60 Å². The molecule has 1 heterocycles. The first kappa shape index (κ1) is 19.5. The summed E-state index contributed by atoms with van der Waals surface area (Å²) in [6, 6.07) is 2.41. The zero-order chi connectivity index (χ0) is 18.3. The number of unbranched alkanes of at least 4 members (excludes halogenated alkanes) is 1. The Morgan fingerprint density at radius 1 is 1.32 bits per heavy atom. The highest BCUT2D eigenvalue weighted by Crippen LogP contribution is 2.30. The van der Waals surface area contributed by atoms with Crippen LogP contribution in [-0.2, 0) is 11.2 Å². The summed E-state index contributed by atoms with van der Waals surface area (Å²) in [5.74, 6) is 0.826. The minimum absolute atomic E-state index is 0.313. The molecule has 0 saturated heterocycles. The Labute approximate surface area is 150 Å². The third kappa shape index (κ3) is 6.53. The molecule has 1 aromatic rings. The van der Waals surface area contributed by atoms with Crippen molar-refractivity contribution in [2.45, 2.75) is 64.5 Å². The number of amides is 1. The maximum absolute atomic E-state index is 11.6. The lowest BCUT2D eigenvalue weighted by Crippen LogP contribution is -2.33. The number of ether oxygens (including phenoxy) is 2. The summed E-state index contributed by atoms with van der Waals surface area (Å²) in [5, 5.41) is 6.39. The lowest BCUT2D eigenvalue weighted by molar-refractivity contribution is 0.0527. The zero-order valence-corrected chi connectivity index (χ0v) is 15.9. The van der Waals surface area contributed by atoms with Crippen molar-refractivity contribution in [3.05, 3.63) is 23.5 Å². The highest BCUT2D eigenvalue weighted by molar-refractivity contribution is 5.67. The predicted octanol–water partition coefficient (Wildman–Crippen LogP) is 3.36. The number of hydrogen-bond donors (Lipinski definition) is 2. The number of aryl methyl sites for hydroxylation is 1. The van der Waals surface area contributed by atoms with E-state index in [1.54, 1.807) is 13.3 Å². The van der Waals surface area contributed by atoms with Gasteiger partial charge in [-0.25, -0.2) is 4.79 Å². The van der Waals surface area contributed by atoms with Crippen LogP contribution in [-0.4, -0.2) is 36.9 Å². The first-order chi connectivity index (χ1) is 11.9. The molecule has 1 atom stereocenters. The lowest BCUT2D eigenvalue weighted by Gasteiger charge is -2.25. The second kappa shape index (κ2) is 9.04. The number of alkyl carbamates (subject to hydrolysis) is 1. The van der Waals surface area contributed by atoms with Gasteiger partial charge in [0.25, 0.3) is 0 Å². The fraction of sp³-hybridized carbons (Fsp3) is 0.684. The Morgan fingerprint density at radius 3 is 2.80 bits per heavy atom. The smallest absolute Gasteiger partial charge is 0.407 e.